The Balaban J connectivity index is 2.07. The van der Waals surface area contributed by atoms with Gasteiger partial charge in [-0.2, -0.15) is 0 Å². The Hall–Kier alpha value is -0.450. The first kappa shape index (κ1) is 11.0. The lowest BCUT2D eigenvalue weighted by molar-refractivity contribution is 0.325. The molecule has 2 rings (SSSR count). The zero-order chi connectivity index (χ0) is 10.8. The molecular weight excluding hydrogens is 259 g/mol. The van der Waals surface area contributed by atoms with Gasteiger partial charge in [-0.15, -0.1) is 0 Å². The number of hydrogen-bond donors (Lipinski definition) is 1. The second-order valence-electron chi connectivity index (χ2n) is 4.02. The lowest BCUT2D eigenvalue weighted by Gasteiger charge is -2.16. The van der Waals surface area contributed by atoms with Crippen LogP contribution < -0.4 is 5.73 Å². The third-order valence-electron chi connectivity index (χ3n) is 2.71. The number of rotatable bonds is 2. The number of nitrogens with two attached hydrogens (primary N) is 1. The Morgan fingerprint density at radius 1 is 1.53 bits per heavy atom. The quantitative estimate of drug-likeness (QED) is 0.894. The molecule has 0 spiro atoms. The van der Waals surface area contributed by atoms with Gasteiger partial charge in [0.1, 0.15) is 5.82 Å². The topological polar surface area (TPSA) is 29.3 Å². The van der Waals surface area contributed by atoms with Crippen molar-refractivity contribution in [2.75, 3.05) is 13.1 Å². The van der Waals surface area contributed by atoms with E-state index in [2.05, 4.69) is 20.8 Å². The van der Waals surface area contributed by atoms with Gasteiger partial charge in [-0.25, -0.2) is 4.39 Å². The molecule has 0 saturated carbocycles. The van der Waals surface area contributed by atoms with Crippen LogP contribution in [0.4, 0.5) is 4.39 Å². The second-order valence-corrected chi connectivity index (χ2v) is 4.87. The molecule has 2 nitrogen and oxygen atoms in total. The van der Waals surface area contributed by atoms with E-state index < -0.39 is 0 Å². The number of halogens is 2. The molecule has 0 radical (unpaired) electrons. The molecular formula is C11H14BrFN2. The van der Waals surface area contributed by atoms with E-state index in [1.54, 1.807) is 12.1 Å². The highest BCUT2D eigenvalue weighted by Gasteiger charge is 2.19. The first-order valence-corrected chi connectivity index (χ1v) is 5.86. The summed E-state index contributed by atoms with van der Waals surface area (Å²) in [6.45, 7) is 2.68. The van der Waals surface area contributed by atoms with Gasteiger partial charge in [0.25, 0.3) is 0 Å². The van der Waals surface area contributed by atoms with Crippen LogP contribution in [0.25, 0.3) is 0 Å². The first-order valence-electron chi connectivity index (χ1n) is 5.07. The van der Waals surface area contributed by atoms with Crippen LogP contribution in [0.15, 0.2) is 22.7 Å². The summed E-state index contributed by atoms with van der Waals surface area (Å²) in [5.74, 6) is -0.184. The molecule has 0 aliphatic carbocycles. The second kappa shape index (κ2) is 4.60. The fourth-order valence-electron chi connectivity index (χ4n) is 1.91. The van der Waals surface area contributed by atoms with Crippen LogP contribution in [0.2, 0.25) is 0 Å². The van der Waals surface area contributed by atoms with Crippen LogP contribution in [-0.4, -0.2) is 24.0 Å². The van der Waals surface area contributed by atoms with Crippen molar-refractivity contribution in [3.63, 3.8) is 0 Å². The largest absolute Gasteiger partial charge is 0.326 e. The van der Waals surface area contributed by atoms with Gasteiger partial charge in [0, 0.05) is 30.1 Å². The summed E-state index contributed by atoms with van der Waals surface area (Å²) in [7, 11) is 0. The van der Waals surface area contributed by atoms with E-state index in [-0.39, 0.29) is 11.9 Å². The van der Waals surface area contributed by atoms with E-state index in [0.29, 0.717) is 0 Å². The lowest BCUT2D eigenvalue weighted by Crippen LogP contribution is -2.26. The summed E-state index contributed by atoms with van der Waals surface area (Å²) in [5.41, 5.74) is 6.81. The maximum absolute atomic E-state index is 13.0. The van der Waals surface area contributed by atoms with Gasteiger partial charge >= 0.3 is 0 Å². The van der Waals surface area contributed by atoms with Crippen molar-refractivity contribution in [2.24, 2.45) is 5.73 Å². The fourth-order valence-corrected chi connectivity index (χ4v) is 2.28. The lowest BCUT2D eigenvalue weighted by atomic mass is 10.2. The SMILES string of the molecule is N[C@@H]1CCN(Cc2cc(F)ccc2Br)C1. The summed E-state index contributed by atoms with van der Waals surface area (Å²) in [4.78, 5) is 2.25. The molecule has 15 heavy (non-hydrogen) atoms. The average molecular weight is 273 g/mol. The van der Waals surface area contributed by atoms with E-state index >= 15 is 0 Å². The van der Waals surface area contributed by atoms with Crippen molar-refractivity contribution in [3.05, 3.63) is 34.1 Å². The molecule has 0 unspecified atom stereocenters. The first-order chi connectivity index (χ1) is 7.15. The van der Waals surface area contributed by atoms with Gasteiger partial charge in [0.2, 0.25) is 0 Å². The Bertz CT molecular complexity index is 356. The molecule has 1 aromatic carbocycles. The Kier molecular flexibility index (Phi) is 3.38. The molecule has 1 aromatic rings. The molecule has 1 atom stereocenters. The van der Waals surface area contributed by atoms with Gasteiger partial charge in [-0.1, -0.05) is 15.9 Å². The number of benzene rings is 1. The molecule has 0 aromatic heterocycles. The van der Waals surface area contributed by atoms with E-state index in [4.69, 9.17) is 5.73 Å². The molecule has 1 fully saturated rings. The maximum Gasteiger partial charge on any atom is 0.123 e. The van der Waals surface area contributed by atoms with Gasteiger partial charge in [0.15, 0.2) is 0 Å². The third kappa shape index (κ3) is 2.77. The molecule has 2 N–H and O–H groups in total. The number of nitrogens with zero attached hydrogens (tertiary/aromatic N) is 1. The van der Waals surface area contributed by atoms with Gasteiger partial charge in [0.05, 0.1) is 0 Å². The van der Waals surface area contributed by atoms with E-state index in [1.165, 1.54) is 6.07 Å². The highest BCUT2D eigenvalue weighted by molar-refractivity contribution is 9.10. The molecule has 4 heteroatoms. The van der Waals surface area contributed by atoms with Crippen molar-refractivity contribution in [2.45, 2.75) is 19.0 Å². The van der Waals surface area contributed by atoms with Crippen molar-refractivity contribution in [3.8, 4) is 0 Å². The molecule has 1 saturated heterocycles. The Labute approximate surface area is 97.4 Å². The summed E-state index contributed by atoms with van der Waals surface area (Å²) in [6.07, 6.45) is 1.03. The molecule has 82 valence electrons. The zero-order valence-corrected chi connectivity index (χ0v) is 10.0. The third-order valence-corrected chi connectivity index (χ3v) is 3.48. The normalized spacial score (nSPS) is 22.2. The molecule has 0 amide bonds. The van der Waals surface area contributed by atoms with Crippen LogP contribution >= 0.6 is 15.9 Å². The van der Waals surface area contributed by atoms with E-state index in [1.807, 2.05) is 0 Å². The van der Waals surface area contributed by atoms with Crippen molar-refractivity contribution >= 4 is 15.9 Å². The summed E-state index contributed by atoms with van der Waals surface area (Å²) >= 11 is 3.43. The highest BCUT2D eigenvalue weighted by atomic mass is 79.9. The monoisotopic (exact) mass is 272 g/mol. The summed E-state index contributed by atoms with van der Waals surface area (Å²) in [5, 5.41) is 0. The summed E-state index contributed by atoms with van der Waals surface area (Å²) < 4.78 is 14.0. The van der Waals surface area contributed by atoms with Gasteiger partial charge in [-0.3, -0.25) is 4.90 Å². The summed E-state index contributed by atoms with van der Waals surface area (Å²) in [6, 6.07) is 5.06. The Morgan fingerprint density at radius 2 is 2.33 bits per heavy atom. The molecule has 1 heterocycles. The van der Waals surface area contributed by atoms with Crippen molar-refractivity contribution in [1.82, 2.24) is 4.90 Å². The standard InChI is InChI=1S/C11H14BrFN2/c12-11-2-1-9(13)5-8(11)6-15-4-3-10(14)7-15/h1-2,5,10H,3-4,6-7,14H2/t10-/m1/s1. The zero-order valence-electron chi connectivity index (χ0n) is 8.42. The minimum absolute atomic E-state index is 0.184. The number of likely N-dealkylation sites (tertiary alicyclic amines) is 1. The molecule has 1 aliphatic heterocycles. The smallest absolute Gasteiger partial charge is 0.123 e. The van der Waals surface area contributed by atoms with Crippen LogP contribution in [-0.2, 0) is 6.54 Å². The molecule has 0 bridgehead atoms. The van der Waals surface area contributed by atoms with Crippen molar-refractivity contribution in [1.29, 1.82) is 0 Å². The predicted molar refractivity (Wildman–Crippen MR) is 62.0 cm³/mol. The minimum Gasteiger partial charge on any atom is -0.326 e. The van der Waals surface area contributed by atoms with E-state index in [9.17, 15) is 4.39 Å². The van der Waals surface area contributed by atoms with Crippen LogP contribution in [0.1, 0.15) is 12.0 Å². The molecule has 1 aliphatic rings. The average Bonchev–Trinajstić information content (AvgIpc) is 2.58. The highest BCUT2D eigenvalue weighted by Crippen LogP contribution is 2.21. The van der Waals surface area contributed by atoms with Crippen LogP contribution in [0.5, 0.6) is 0 Å². The van der Waals surface area contributed by atoms with Gasteiger partial charge < -0.3 is 5.73 Å². The van der Waals surface area contributed by atoms with Crippen molar-refractivity contribution < 1.29 is 4.39 Å². The Morgan fingerprint density at radius 3 is 3.00 bits per heavy atom. The maximum atomic E-state index is 13.0. The number of hydrogen-bond acceptors (Lipinski definition) is 2. The van der Waals surface area contributed by atoms with Crippen LogP contribution in [0.3, 0.4) is 0 Å². The van der Waals surface area contributed by atoms with Crippen LogP contribution in [0, 0.1) is 5.82 Å². The predicted octanol–water partition coefficient (Wildman–Crippen LogP) is 2.12. The van der Waals surface area contributed by atoms with Gasteiger partial charge in [-0.05, 0) is 30.2 Å². The fraction of sp³-hybridized carbons (Fsp3) is 0.455. The minimum atomic E-state index is -0.184. The van der Waals surface area contributed by atoms with E-state index in [0.717, 1.165) is 36.1 Å².